The van der Waals surface area contributed by atoms with Crippen molar-refractivity contribution in [3.8, 4) is 0 Å². The molecule has 1 N–H and O–H groups in total. The second kappa shape index (κ2) is 8.20. The summed E-state index contributed by atoms with van der Waals surface area (Å²) in [5.41, 5.74) is 1.23. The van der Waals surface area contributed by atoms with Crippen LogP contribution in [0.4, 0.5) is 5.69 Å². The molecule has 172 valence electrons. The van der Waals surface area contributed by atoms with E-state index in [0.717, 1.165) is 42.7 Å². The number of piperazine rings is 1. The molecule has 0 aromatic heterocycles. The summed E-state index contributed by atoms with van der Waals surface area (Å²) in [5, 5.41) is 3.17. The summed E-state index contributed by atoms with van der Waals surface area (Å²) in [7, 11) is 0. The van der Waals surface area contributed by atoms with Crippen LogP contribution in [0.3, 0.4) is 0 Å². The highest BCUT2D eigenvalue weighted by Gasteiger charge is 2.54. The van der Waals surface area contributed by atoms with Crippen LogP contribution < -0.4 is 5.32 Å². The number of anilines is 1. The monoisotopic (exact) mass is 437 g/mol. The van der Waals surface area contributed by atoms with Gasteiger partial charge in [-0.2, -0.15) is 0 Å². The molecule has 0 atom stereocenters. The molecule has 0 radical (unpaired) electrons. The van der Waals surface area contributed by atoms with E-state index < -0.39 is 0 Å². The Balaban J connectivity index is 1.18. The number of amides is 3. The number of hydrogen-bond donors (Lipinski definition) is 1. The minimum atomic E-state index is -0.170. The highest BCUT2D eigenvalue weighted by atomic mass is 16.2. The summed E-state index contributed by atoms with van der Waals surface area (Å²) in [5.74, 6) is 2.52. The highest BCUT2D eigenvalue weighted by Crippen LogP contribution is 2.60. The number of carbonyl (C=O) groups is 3. The first kappa shape index (κ1) is 21.5. The normalized spacial score (nSPS) is 31.2. The Morgan fingerprint density at radius 1 is 0.844 bits per heavy atom. The van der Waals surface area contributed by atoms with E-state index in [9.17, 15) is 14.4 Å². The molecular weight excluding hydrogens is 402 g/mol. The summed E-state index contributed by atoms with van der Waals surface area (Å²) in [6.45, 7) is 6.10. The Bertz CT molecular complexity index is 864. The maximum atomic E-state index is 13.2. The Morgan fingerprint density at radius 3 is 1.84 bits per heavy atom. The van der Waals surface area contributed by atoms with Crippen molar-refractivity contribution in [1.82, 2.24) is 9.80 Å². The molecule has 6 nitrogen and oxygen atoms in total. The third-order valence-corrected chi connectivity index (χ3v) is 8.28. The van der Waals surface area contributed by atoms with Crippen LogP contribution in [-0.4, -0.2) is 53.7 Å². The van der Waals surface area contributed by atoms with Gasteiger partial charge in [0.1, 0.15) is 0 Å². The van der Waals surface area contributed by atoms with Crippen LogP contribution in [0.5, 0.6) is 0 Å². The molecule has 1 heterocycles. The fourth-order valence-corrected chi connectivity index (χ4v) is 7.03. The zero-order valence-corrected chi connectivity index (χ0v) is 19.3. The van der Waals surface area contributed by atoms with Crippen LogP contribution >= 0.6 is 0 Å². The molecule has 1 aromatic rings. The van der Waals surface area contributed by atoms with Crippen molar-refractivity contribution in [2.45, 2.75) is 52.4 Å². The lowest BCUT2D eigenvalue weighted by molar-refractivity contribution is -0.140. The van der Waals surface area contributed by atoms with Gasteiger partial charge in [-0.1, -0.05) is 13.8 Å². The second-order valence-electron chi connectivity index (χ2n) is 11.0. The molecular formula is C26H35N3O3. The molecule has 5 fully saturated rings. The van der Waals surface area contributed by atoms with Crippen molar-refractivity contribution in [2.75, 3.05) is 31.5 Å². The van der Waals surface area contributed by atoms with E-state index in [0.29, 0.717) is 31.7 Å². The molecule has 0 unspecified atom stereocenters. The average molecular weight is 438 g/mol. The lowest BCUT2D eigenvalue weighted by Gasteiger charge is -2.55. The van der Waals surface area contributed by atoms with Gasteiger partial charge in [-0.25, -0.2) is 0 Å². The molecule has 3 amide bonds. The lowest BCUT2D eigenvalue weighted by atomic mass is 9.49. The first-order valence-corrected chi connectivity index (χ1v) is 12.3. The molecule has 4 saturated carbocycles. The second-order valence-corrected chi connectivity index (χ2v) is 11.0. The van der Waals surface area contributed by atoms with Gasteiger partial charge in [0.15, 0.2) is 0 Å². The van der Waals surface area contributed by atoms with Gasteiger partial charge in [-0.05, 0) is 80.5 Å². The molecule has 0 spiro atoms. The molecule has 32 heavy (non-hydrogen) atoms. The van der Waals surface area contributed by atoms with Crippen LogP contribution in [0.1, 0.15) is 62.7 Å². The average Bonchev–Trinajstić information content (AvgIpc) is 2.78. The smallest absolute Gasteiger partial charge is 0.253 e. The van der Waals surface area contributed by atoms with Gasteiger partial charge in [-0.15, -0.1) is 0 Å². The van der Waals surface area contributed by atoms with Gasteiger partial charge in [0.25, 0.3) is 5.91 Å². The number of nitrogens with one attached hydrogen (secondary N) is 1. The third-order valence-electron chi connectivity index (χ3n) is 8.28. The van der Waals surface area contributed by atoms with E-state index in [1.807, 2.05) is 47.9 Å². The first-order valence-electron chi connectivity index (χ1n) is 12.3. The van der Waals surface area contributed by atoms with E-state index >= 15 is 0 Å². The van der Waals surface area contributed by atoms with Crippen LogP contribution in [0.15, 0.2) is 24.3 Å². The van der Waals surface area contributed by atoms with Gasteiger partial charge in [0.05, 0.1) is 5.41 Å². The molecule has 4 aliphatic carbocycles. The van der Waals surface area contributed by atoms with Crippen molar-refractivity contribution < 1.29 is 14.4 Å². The van der Waals surface area contributed by atoms with E-state index in [-0.39, 0.29) is 29.1 Å². The quantitative estimate of drug-likeness (QED) is 0.779. The summed E-state index contributed by atoms with van der Waals surface area (Å²) >= 11 is 0. The summed E-state index contributed by atoms with van der Waals surface area (Å²) in [6, 6.07) is 7.32. The fourth-order valence-electron chi connectivity index (χ4n) is 7.03. The van der Waals surface area contributed by atoms with Crippen LogP contribution in [0.2, 0.25) is 0 Å². The molecule has 5 aliphatic rings. The van der Waals surface area contributed by atoms with Gasteiger partial charge in [0.2, 0.25) is 11.8 Å². The third kappa shape index (κ3) is 3.93. The predicted octanol–water partition coefficient (Wildman–Crippen LogP) is 3.78. The topological polar surface area (TPSA) is 69.7 Å². The minimum absolute atomic E-state index is 0.0133. The standard InChI is InChI=1S/C26H35N3O3/c1-17(2)23(30)28-7-9-29(10-8-28)24(31)21-3-5-22(6-4-21)27-25(32)26-14-18-11-19(15-26)13-20(12-18)16-26/h3-6,17-20H,7-16H2,1-2H3,(H,27,32). The Hall–Kier alpha value is -2.37. The number of hydrogen-bond acceptors (Lipinski definition) is 3. The number of rotatable bonds is 4. The predicted molar refractivity (Wildman–Crippen MR) is 123 cm³/mol. The summed E-state index contributed by atoms with van der Waals surface area (Å²) < 4.78 is 0. The Kier molecular flexibility index (Phi) is 5.50. The number of benzene rings is 1. The number of nitrogens with zero attached hydrogens (tertiary/aromatic N) is 2. The van der Waals surface area contributed by atoms with Gasteiger partial charge in [0, 0.05) is 43.3 Å². The summed E-state index contributed by atoms with van der Waals surface area (Å²) in [4.78, 5) is 42.0. The lowest BCUT2D eigenvalue weighted by Crippen LogP contribution is -2.51. The zero-order chi connectivity index (χ0) is 22.5. The molecule has 1 aromatic carbocycles. The number of carbonyl (C=O) groups excluding carboxylic acids is 3. The summed E-state index contributed by atoms with van der Waals surface area (Å²) in [6.07, 6.45) is 7.11. The SMILES string of the molecule is CC(C)C(=O)N1CCN(C(=O)c2ccc(NC(=O)C34CC5CC(CC(C5)C3)C4)cc2)CC1. The Morgan fingerprint density at radius 2 is 1.34 bits per heavy atom. The van der Waals surface area contributed by atoms with Crippen LogP contribution in [-0.2, 0) is 9.59 Å². The van der Waals surface area contributed by atoms with Crippen molar-refractivity contribution in [3.05, 3.63) is 29.8 Å². The van der Waals surface area contributed by atoms with E-state index in [1.165, 1.54) is 19.3 Å². The van der Waals surface area contributed by atoms with Crippen molar-refractivity contribution in [1.29, 1.82) is 0 Å². The molecule has 1 aliphatic heterocycles. The van der Waals surface area contributed by atoms with Crippen LogP contribution in [0.25, 0.3) is 0 Å². The van der Waals surface area contributed by atoms with E-state index in [4.69, 9.17) is 0 Å². The van der Waals surface area contributed by atoms with E-state index in [1.54, 1.807) is 0 Å². The maximum absolute atomic E-state index is 13.2. The largest absolute Gasteiger partial charge is 0.339 e. The van der Waals surface area contributed by atoms with Crippen molar-refractivity contribution in [3.63, 3.8) is 0 Å². The molecule has 1 saturated heterocycles. The molecule has 6 heteroatoms. The Labute approximate surface area is 190 Å². The van der Waals surface area contributed by atoms with Gasteiger partial charge in [-0.3, -0.25) is 14.4 Å². The highest BCUT2D eigenvalue weighted by molar-refractivity contribution is 5.97. The molecule has 4 bridgehead atoms. The minimum Gasteiger partial charge on any atom is -0.339 e. The van der Waals surface area contributed by atoms with Crippen LogP contribution in [0, 0.1) is 29.1 Å². The zero-order valence-electron chi connectivity index (χ0n) is 19.3. The molecule has 6 rings (SSSR count). The maximum Gasteiger partial charge on any atom is 0.253 e. The first-order chi connectivity index (χ1) is 15.3. The van der Waals surface area contributed by atoms with Crippen molar-refractivity contribution in [2.24, 2.45) is 29.1 Å². The van der Waals surface area contributed by atoms with Gasteiger partial charge < -0.3 is 15.1 Å². The van der Waals surface area contributed by atoms with Gasteiger partial charge >= 0.3 is 0 Å². The van der Waals surface area contributed by atoms with E-state index in [2.05, 4.69) is 5.32 Å². The van der Waals surface area contributed by atoms with Crippen molar-refractivity contribution >= 4 is 23.4 Å². The fraction of sp³-hybridized carbons (Fsp3) is 0.654.